The number of anilines is 1. The zero-order chi connectivity index (χ0) is 22.7. The number of nitro groups is 1. The molecule has 0 spiro atoms. The molecule has 0 fully saturated rings. The van der Waals surface area contributed by atoms with Crippen molar-refractivity contribution in [3.05, 3.63) is 84.0 Å². The molecule has 0 atom stereocenters. The van der Waals surface area contributed by atoms with Crippen LogP contribution in [0.25, 0.3) is 17.4 Å². The van der Waals surface area contributed by atoms with Gasteiger partial charge < -0.3 is 9.73 Å². The van der Waals surface area contributed by atoms with Gasteiger partial charge in [0.2, 0.25) is 0 Å². The van der Waals surface area contributed by atoms with Crippen LogP contribution in [0.15, 0.2) is 61.4 Å². The molecular formula is C22H15Br2N3O4. The molecule has 0 radical (unpaired) electrons. The Kier molecular flexibility index (Phi) is 6.73. The molecule has 0 unspecified atom stereocenters. The van der Waals surface area contributed by atoms with Crippen molar-refractivity contribution in [1.82, 2.24) is 0 Å². The Hall–Kier alpha value is -3.22. The molecule has 1 N–H and O–H groups in total. The fourth-order valence-electron chi connectivity index (χ4n) is 2.90. The Morgan fingerprint density at radius 1 is 1.16 bits per heavy atom. The number of rotatable bonds is 5. The van der Waals surface area contributed by atoms with Gasteiger partial charge in [0.05, 0.1) is 10.6 Å². The van der Waals surface area contributed by atoms with Gasteiger partial charge in [-0.2, -0.15) is 5.26 Å². The Bertz CT molecular complexity index is 1250. The average molecular weight is 545 g/mol. The summed E-state index contributed by atoms with van der Waals surface area (Å²) in [5, 5.41) is 23.1. The predicted octanol–water partition coefficient (Wildman–Crippen LogP) is 6.54. The fraction of sp³-hybridized carbons (Fsp3) is 0.0909. The van der Waals surface area contributed by atoms with Crippen LogP contribution in [0.3, 0.4) is 0 Å². The Morgan fingerprint density at radius 3 is 2.42 bits per heavy atom. The zero-order valence-corrected chi connectivity index (χ0v) is 19.6. The summed E-state index contributed by atoms with van der Waals surface area (Å²) >= 11 is 6.81. The van der Waals surface area contributed by atoms with Crippen molar-refractivity contribution >= 4 is 55.2 Å². The molecule has 0 aliphatic rings. The van der Waals surface area contributed by atoms with E-state index in [2.05, 4.69) is 37.2 Å². The smallest absolute Gasteiger partial charge is 0.269 e. The van der Waals surface area contributed by atoms with E-state index in [1.807, 2.05) is 25.1 Å². The van der Waals surface area contributed by atoms with Gasteiger partial charge in [-0.1, -0.05) is 0 Å². The standard InChI is InChI=1S/C22H15Br2N3O4/c1-12-7-18(23)21(19(24)8-12)26-22(28)14(11-25)10-16-4-6-20(31-16)17-5-3-15(27(29)30)9-13(17)2/h3-10H,1-2H3,(H,26,28)/b14-10+. The van der Waals surface area contributed by atoms with E-state index in [0.29, 0.717) is 37.3 Å². The number of carbonyl (C=O) groups is 1. The lowest BCUT2D eigenvalue weighted by molar-refractivity contribution is -0.384. The Balaban J connectivity index is 1.86. The van der Waals surface area contributed by atoms with E-state index in [0.717, 1.165) is 5.56 Å². The quantitative estimate of drug-likeness (QED) is 0.170. The second-order valence-corrected chi connectivity index (χ2v) is 8.39. The molecule has 2 aromatic carbocycles. The monoisotopic (exact) mass is 543 g/mol. The minimum Gasteiger partial charge on any atom is -0.457 e. The number of nitriles is 1. The van der Waals surface area contributed by atoms with Crippen molar-refractivity contribution in [2.24, 2.45) is 0 Å². The number of amides is 1. The number of non-ortho nitro benzene ring substituents is 1. The van der Waals surface area contributed by atoms with Crippen LogP contribution < -0.4 is 5.32 Å². The summed E-state index contributed by atoms with van der Waals surface area (Å²) in [6.45, 7) is 3.66. The van der Waals surface area contributed by atoms with Gasteiger partial charge in [-0.25, -0.2) is 0 Å². The number of nitro benzene ring substituents is 1. The van der Waals surface area contributed by atoms with E-state index >= 15 is 0 Å². The lowest BCUT2D eigenvalue weighted by atomic mass is 10.1. The first-order chi connectivity index (χ1) is 14.7. The fourth-order valence-corrected chi connectivity index (χ4v) is 4.52. The first kappa shape index (κ1) is 22.5. The lowest BCUT2D eigenvalue weighted by Gasteiger charge is -2.10. The molecular weight excluding hydrogens is 530 g/mol. The predicted molar refractivity (Wildman–Crippen MR) is 124 cm³/mol. The molecule has 0 saturated carbocycles. The molecule has 31 heavy (non-hydrogen) atoms. The molecule has 3 aromatic rings. The van der Waals surface area contributed by atoms with Crippen molar-refractivity contribution < 1.29 is 14.1 Å². The van der Waals surface area contributed by atoms with Gasteiger partial charge in [-0.15, -0.1) is 0 Å². The van der Waals surface area contributed by atoms with Gasteiger partial charge in [-0.3, -0.25) is 14.9 Å². The first-order valence-corrected chi connectivity index (χ1v) is 10.5. The molecule has 7 nitrogen and oxygen atoms in total. The van der Waals surface area contributed by atoms with Gasteiger partial charge >= 0.3 is 0 Å². The Labute approximate surface area is 194 Å². The molecule has 0 saturated heterocycles. The second-order valence-electron chi connectivity index (χ2n) is 6.69. The number of furan rings is 1. The molecule has 9 heteroatoms. The van der Waals surface area contributed by atoms with Crippen molar-refractivity contribution in [2.45, 2.75) is 13.8 Å². The molecule has 1 heterocycles. The van der Waals surface area contributed by atoms with Crippen molar-refractivity contribution in [1.29, 1.82) is 5.26 Å². The van der Waals surface area contributed by atoms with E-state index in [4.69, 9.17) is 4.42 Å². The van der Waals surface area contributed by atoms with E-state index in [1.165, 1.54) is 18.2 Å². The summed E-state index contributed by atoms with van der Waals surface area (Å²) in [7, 11) is 0. The number of hydrogen-bond donors (Lipinski definition) is 1. The first-order valence-electron chi connectivity index (χ1n) is 8.93. The molecule has 1 aromatic heterocycles. The number of hydrogen-bond acceptors (Lipinski definition) is 5. The second kappa shape index (κ2) is 9.29. The zero-order valence-electron chi connectivity index (χ0n) is 16.4. The van der Waals surface area contributed by atoms with E-state index in [-0.39, 0.29) is 11.3 Å². The minimum atomic E-state index is -0.586. The summed E-state index contributed by atoms with van der Waals surface area (Å²) in [5.74, 6) is 0.194. The highest BCUT2D eigenvalue weighted by atomic mass is 79.9. The van der Waals surface area contributed by atoms with Crippen LogP contribution in [0.4, 0.5) is 11.4 Å². The topological polar surface area (TPSA) is 109 Å². The van der Waals surface area contributed by atoms with Gasteiger partial charge in [0.15, 0.2) is 0 Å². The van der Waals surface area contributed by atoms with Crippen molar-refractivity contribution in [3.63, 3.8) is 0 Å². The highest BCUT2D eigenvalue weighted by Crippen LogP contribution is 2.33. The Morgan fingerprint density at radius 2 is 1.84 bits per heavy atom. The van der Waals surface area contributed by atoms with E-state index in [9.17, 15) is 20.2 Å². The number of nitrogens with zero attached hydrogens (tertiary/aromatic N) is 2. The third kappa shape index (κ3) is 5.10. The van der Waals surface area contributed by atoms with Gasteiger partial charge in [0.1, 0.15) is 23.2 Å². The summed E-state index contributed by atoms with van der Waals surface area (Å²) < 4.78 is 7.11. The van der Waals surface area contributed by atoms with Gasteiger partial charge in [0.25, 0.3) is 11.6 Å². The SMILES string of the molecule is Cc1cc(Br)c(NC(=O)/C(C#N)=C/c2ccc(-c3ccc([N+](=O)[O-])cc3C)o2)c(Br)c1. The van der Waals surface area contributed by atoms with E-state index in [1.54, 1.807) is 25.1 Å². The number of benzene rings is 2. The summed E-state index contributed by atoms with van der Waals surface area (Å²) in [6.07, 6.45) is 1.34. The third-order valence-corrected chi connectivity index (χ3v) is 5.64. The maximum atomic E-state index is 12.6. The number of nitrogens with one attached hydrogen (secondary N) is 1. The average Bonchev–Trinajstić information content (AvgIpc) is 3.16. The van der Waals surface area contributed by atoms with Crippen LogP contribution in [0.1, 0.15) is 16.9 Å². The maximum absolute atomic E-state index is 12.6. The van der Waals surface area contributed by atoms with Crippen LogP contribution in [-0.4, -0.2) is 10.8 Å². The van der Waals surface area contributed by atoms with Crippen molar-refractivity contribution in [3.8, 4) is 17.4 Å². The van der Waals surface area contributed by atoms with Crippen LogP contribution in [0.5, 0.6) is 0 Å². The van der Waals surface area contributed by atoms with Crippen LogP contribution >= 0.6 is 31.9 Å². The normalized spacial score (nSPS) is 11.1. The lowest BCUT2D eigenvalue weighted by Crippen LogP contribution is -2.14. The van der Waals surface area contributed by atoms with E-state index < -0.39 is 10.8 Å². The molecule has 1 amide bonds. The molecule has 0 bridgehead atoms. The third-order valence-electron chi connectivity index (χ3n) is 4.39. The van der Waals surface area contributed by atoms with Gasteiger partial charge in [0, 0.05) is 32.7 Å². The van der Waals surface area contributed by atoms with Gasteiger partial charge in [-0.05, 0) is 87.2 Å². The number of aryl methyl sites for hydroxylation is 2. The molecule has 0 aliphatic heterocycles. The summed E-state index contributed by atoms with van der Waals surface area (Å²) in [4.78, 5) is 23.1. The minimum absolute atomic E-state index is 0.00945. The number of carbonyl (C=O) groups excluding carboxylic acids is 1. The van der Waals surface area contributed by atoms with Crippen molar-refractivity contribution in [2.75, 3.05) is 5.32 Å². The van der Waals surface area contributed by atoms with Crippen LogP contribution in [0.2, 0.25) is 0 Å². The largest absolute Gasteiger partial charge is 0.457 e. The molecule has 156 valence electrons. The summed E-state index contributed by atoms with van der Waals surface area (Å²) in [5.41, 5.74) is 2.72. The number of halogens is 2. The maximum Gasteiger partial charge on any atom is 0.269 e. The highest BCUT2D eigenvalue weighted by Gasteiger charge is 2.16. The van der Waals surface area contributed by atoms with Crippen LogP contribution in [-0.2, 0) is 4.79 Å². The highest BCUT2D eigenvalue weighted by molar-refractivity contribution is 9.11. The van der Waals surface area contributed by atoms with Crippen LogP contribution in [0, 0.1) is 35.3 Å². The molecule has 0 aliphatic carbocycles. The summed E-state index contributed by atoms with van der Waals surface area (Å²) in [6, 6.07) is 13.3. The molecule has 3 rings (SSSR count).